The summed E-state index contributed by atoms with van der Waals surface area (Å²) in [5, 5.41) is 3.08. The average molecular weight is 255 g/mol. The Labute approximate surface area is 103 Å². The molecule has 0 aromatic carbocycles. The molecule has 18 heavy (non-hydrogen) atoms. The third kappa shape index (κ3) is 2.92. The van der Waals surface area contributed by atoms with E-state index in [0.29, 0.717) is 18.9 Å². The van der Waals surface area contributed by atoms with Crippen LogP contribution in [0, 0.1) is 0 Å². The van der Waals surface area contributed by atoms with Crippen molar-refractivity contribution >= 4 is 0 Å². The Balaban J connectivity index is 1.79. The van der Waals surface area contributed by atoms with Gasteiger partial charge in [0.2, 0.25) is 0 Å². The molecule has 0 bridgehead atoms. The van der Waals surface area contributed by atoms with Crippen LogP contribution in [0.2, 0.25) is 0 Å². The lowest BCUT2D eigenvalue weighted by molar-refractivity contribution is 0.0666. The van der Waals surface area contributed by atoms with E-state index in [2.05, 4.69) is 15.3 Å². The number of nitrogens with zero attached hydrogens (tertiary/aromatic N) is 4. The van der Waals surface area contributed by atoms with E-state index in [0.717, 1.165) is 16.8 Å². The van der Waals surface area contributed by atoms with E-state index >= 15 is 0 Å². The maximum Gasteiger partial charge on any atom is 0.319 e. The van der Waals surface area contributed by atoms with Crippen LogP contribution in [0.3, 0.4) is 0 Å². The van der Waals surface area contributed by atoms with Crippen LogP contribution in [0.1, 0.15) is 18.2 Å². The lowest BCUT2D eigenvalue weighted by Crippen LogP contribution is -2.20. The molecular weight excluding hydrogens is 240 g/mol. The number of aromatic nitrogens is 4. The van der Waals surface area contributed by atoms with Gasteiger partial charge in [0.15, 0.2) is 0 Å². The zero-order valence-corrected chi connectivity index (χ0v) is 10.1. The minimum absolute atomic E-state index is 0.321. The lowest BCUT2D eigenvalue weighted by Gasteiger charge is -2.07. The predicted octanol–water partition coefficient (Wildman–Crippen LogP) is 1.34. The molecule has 0 aliphatic rings. The normalized spacial score (nSPS) is 11.3. The van der Waals surface area contributed by atoms with Gasteiger partial charge >= 0.3 is 6.55 Å². The van der Waals surface area contributed by atoms with Crippen molar-refractivity contribution in [3.8, 4) is 0 Å². The van der Waals surface area contributed by atoms with E-state index in [1.807, 2.05) is 17.8 Å². The highest BCUT2D eigenvalue weighted by atomic mass is 19.3. The summed E-state index contributed by atoms with van der Waals surface area (Å²) in [7, 11) is 1.92. The van der Waals surface area contributed by atoms with E-state index in [9.17, 15) is 8.78 Å². The molecule has 2 aromatic heterocycles. The van der Waals surface area contributed by atoms with E-state index < -0.39 is 6.55 Å². The van der Waals surface area contributed by atoms with Gasteiger partial charge in [-0.25, -0.2) is 9.97 Å². The van der Waals surface area contributed by atoms with Crippen molar-refractivity contribution in [2.45, 2.75) is 19.5 Å². The van der Waals surface area contributed by atoms with Crippen molar-refractivity contribution in [2.24, 2.45) is 7.05 Å². The van der Waals surface area contributed by atoms with Gasteiger partial charge in [0.1, 0.15) is 11.6 Å². The van der Waals surface area contributed by atoms with Crippen molar-refractivity contribution in [3.63, 3.8) is 0 Å². The Morgan fingerprint density at radius 1 is 1.22 bits per heavy atom. The van der Waals surface area contributed by atoms with Gasteiger partial charge in [-0.3, -0.25) is 4.57 Å². The Kier molecular flexibility index (Phi) is 4.03. The van der Waals surface area contributed by atoms with Gasteiger partial charge in [-0.1, -0.05) is 0 Å². The summed E-state index contributed by atoms with van der Waals surface area (Å²) in [6.07, 6.45) is 7.01. The van der Waals surface area contributed by atoms with Crippen LogP contribution >= 0.6 is 0 Å². The first-order valence-electron chi connectivity index (χ1n) is 5.65. The smallest absolute Gasteiger partial charge is 0.319 e. The maximum atomic E-state index is 12.5. The average Bonchev–Trinajstić information content (AvgIpc) is 2.94. The molecule has 0 aliphatic carbocycles. The largest absolute Gasteiger partial charge is 0.338 e. The molecule has 1 N–H and O–H groups in total. The Morgan fingerprint density at radius 3 is 2.61 bits per heavy atom. The number of alkyl halides is 2. The molecule has 98 valence electrons. The molecule has 5 nitrogen and oxygen atoms in total. The topological polar surface area (TPSA) is 47.7 Å². The second-order valence-corrected chi connectivity index (χ2v) is 3.91. The second-order valence-electron chi connectivity index (χ2n) is 3.91. The monoisotopic (exact) mass is 255 g/mol. The molecule has 0 unspecified atom stereocenters. The number of hydrogen-bond donors (Lipinski definition) is 1. The minimum Gasteiger partial charge on any atom is -0.338 e. The first kappa shape index (κ1) is 12.7. The quantitative estimate of drug-likeness (QED) is 0.792. The molecule has 7 heteroatoms. The highest BCUT2D eigenvalue weighted by molar-refractivity contribution is 4.94. The van der Waals surface area contributed by atoms with Gasteiger partial charge in [0.05, 0.1) is 6.54 Å². The van der Waals surface area contributed by atoms with Gasteiger partial charge in [-0.2, -0.15) is 8.78 Å². The Bertz CT molecular complexity index is 491. The molecular formula is C11H15F2N5. The molecule has 0 saturated carbocycles. The fourth-order valence-corrected chi connectivity index (χ4v) is 1.70. The van der Waals surface area contributed by atoms with Crippen molar-refractivity contribution in [1.29, 1.82) is 0 Å². The molecule has 0 aliphatic heterocycles. The van der Waals surface area contributed by atoms with E-state index in [1.165, 1.54) is 12.4 Å². The van der Waals surface area contributed by atoms with Crippen LogP contribution in [0.5, 0.6) is 0 Å². The number of hydrogen-bond acceptors (Lipinski definition) is 3. The van der Waals surface area contributed by atoms with Gasteiger partial charge in [-0.05, 0) is 0 Å². The van der Waals surface area contributed by atoms with Gasteiger partial charge in [0, 0.05) is 44.8 Å². The molecule has 0 spiro atoms. The molecule has 2 heterocycles. The van der Waals surface area contributed by atoms with E-state index in [4.69, 9.17) is 0 Å². The van der Waals surface area contributed by atoms with E-state index in [1.54, 1.807) is 6.20 Å². The molecule has 2 aromatic rings. The summed E-state index contributed by atoms with van der Waals surface area (Å²) in [5.41, 5.74) is 0. The molecule has 0 saturated heterocycles. The standard InChI is InChI=1S/C11H15F2N5/c1-17-6-4-15-9(17)2-3-14-8-10-16-5-7-18(10)11(12)13/h4-7,11,14H,2-3,8H2,1H3. The number of imidazole rings is 2. The molecule has 0 amide bonds. The van der Waals surface area contributed by atoms with Crippen LogP contribution in [0.25, 0.3) is 0 Å². The molecule has 2 rings (SSSR count). The molecule has 0 radical (unpaired) electrons. The maximum absolute atomic E-state index is 12.5. The van der Waals surface area contributed by atoms with Crippen molar-refractivity contribution in [1.82, 2.24) is 24.4 Å². The van der Waals surface area contributed by atoms with E-state index in [-0.39, 0.29) is 0 Å². The number of aryl methyl sites for hydroxylation is 1. The van der Waals surface area contributed by atoms with Crippen molar-refractivity contribution in [3.05, 3.63) is 36.4 Å². The van der Waals surface area contributed by atoms with Gasteiger partial charge in [-0.15, -0.1) is 0 Å². The highest BCUT2D eigenvalue weighted by Gasteiger charge is 2.10. The zero-order chi connectivity index (χ0) is 13.0. The van der Waals surface area contributed by atoms with Crippen molar-refractivity contribution < 1.29 is 8.78 Å². The highest BCUT2D eigenvalue weighted by Crippen LogP contribution is 2.11. The third-order valence-electron chi connectivity index (χ3n) is 2.69. The zero-order valence-electron chi connectivity index (χ0n) is 10.1. The summed E-state index contributed by atoms with van der Waals surface area (Å²) in [6, 6.07) is 0. The molecule has 0 atom stereocenters. The van der Waals surface area contributed by atoms with Crippen LogP contribution in [-0.2, 0) is 20.0 Å². The first-order valence-corrected chi connectivity index (χ1v) is 5.65. The van der Waals surface area contributed by atoms with Gasteiger partial charge < -0.3 is 9.88 Å². The third-order valence-corrected chi connectivity index (χ3v) is 2.69. The van der Waals surface area contributed by atoms with Crippen molar-refractivity contribution in [2.75, 3.05) is 6.54 Å². The van der Waals surface area contributed by atoms with Crippen LogP contribution in [0.15, 0.2) is 24.8 Å². The SMILES string of the molecule is Cn1ccnc1CCNCc1nccn1C(F)F. The fourth-order valence-electron chi connectivity index (χ4n) is 1.70. The second kappa shape index (κ2) is 5.72. The fraction of sp³-hybridized carbons (Fsp3) is 0.455. The van der Waals surface area contributed by atoms with Crippen LogP contribution in [-0.4, -0.2) is 25.6 Å². The van der Waals surface area contributed by atoms with Crippen LogP contribution in [0.4, 0.5) is 8.78 Å². The number of nitrogens with one attached hydrogen (secondary N) is 1. The minimum atomic E-state index is -2.54. The summed E-state index contributed by atoms with van der Waals surface area (Å²) in [6.45, 7) is -1.55. The van der Waals surface area contributed by atoms with Gasteiger partial charge in [0.25, 0.3) is 0 Å². The number of rotatable bonds is 6. The summed E-state index contributed by atoms with van der Waals surface area (Å²) in [5.74, 6) is 1.30. The number of halogens is 2. The summed E-state index contributed by atoms with van der Waals surface area (Å²) in [4.78, 5) is 8.07. The Morgan fingerprint density at radius 2 is 1.94 bits per heavy atom. The molecule has 0 fully saturated rings. The first-order chi connectivity index (χ1) is 8.68. The Hall–Kier alpha value is -1.76. The van der Waals surface area contributed by atoms with Crippen LogP contribution < -0.4 is 5.32 Å². The summed E-state index contributed by atoms with van der Waals surface area (Å²) >= 11 is 0. The summed E-state index contributed by atoms with van der Waals surface area (Å²) < 4.78 is 27.8. The lowest BCUT2D eigenvalue weighted by atomic mass is 10.4. The predicted molar refractivity (Wildman–Crippen MR) is 62.1 cm³/mol.